The molecule has 21 heavy (non-hydrogen) atoms. The lowest BCUT2D eigenvalue weighted by molar-refractivity contribution is 0.415. The molecule has 0 amide bonds. The zero-order valence-electron chi connectivity index (χ0n) is 12.0. The van der Waals surface area contributed by atoms with Gasteiger partial charge in [0.05, 0.1) is 17.7 Å². The Labute approximate surface area is 125 Å². The topological polar surface area (TPSA) is 67.4 Å². The predicted octanol–water partition coefficient (Wildman–Crippen LogP) is 2.22. The van der Waals surface area contributed by atoms with Crippen molar-refractivity contribution < 1.29 is 13.2 Å². The highest BCUT2D eigenvalue weighted by atomic mass is 32.2. The number of hydrogen-bond donors (Lipinski definition) is 2. The largest absolute Gasteiger partial charge is 0.497 e. The minimum atomic E-state index is -3.60. The van der Waals surface area contributed by atoms with Crippen LogP contribution in [-0.2, 0) is 16.6 Å². The molecule has 6 heteroatoms. The van der Waals surface area contributed by atoms with E-state index in [1.165, 1.54) is 7.11 Å². The molecule has 5 nitrogen and oxygen atoms in total. The van der Waals surface area contributed by atoms with E-state index in [2.05, 4.69) is 10.0 Å². The second kappa shape index (κ2) is 6.60. The average molecular weight is 306 g/mol. The second-order valence-electron chi connectivity index (χ2n) is 4.51. The van der Waals surface area contributed by atoms with Gasteiger partial charge in [0, 0.05) is 12.6 Å². The molecule has 0 radical (unpaired) electrons. The van der Waals surface area contributed by atoms with Crippen molar-refractivity contribution in [3.63, 3.8) is 0 Å². The Hall–Kier alpha value is -2.05. The van der Waals surface area contributed by atoms with Crippen LogP contribution in [0.25, 0.3) is 0 Å². The molecule has 0 bridgehead atoms. The van der Waals surface area contributed by atoms with Gasteiger partial charge in [0.2, 0.25) is 0 Å². The summed E-state index contributed by atoms with van der Waals surface area (Å²) in [6.07, 6.45) is 0. The lowest BCUT2D eigenvalue weighted by Crippen LogP contribution is -2.13. The molecule has 0 heterocycles. The Kier molecular flexibility index (Phi) is 4.82. The molecule has 2 aromatic rings. The van der Waals surface area contributed by atoms with Gasteiger partial charge in [-0.15, -0.1) is 0 Å². The van der Waals surface area contributed by atoms with Gasteiger partial charge in [-0.25, -0.2) is 8.42 Å². The van der Waals surface area contributed by atoms with Crippen molar-refractivity contribution in [2.45, 2.75) is 11.4 Å². The van der Waals surface area contributed by atoms with Crippen LogP contribution in [0.1, 0.15) is 5.56 Å². The lowest BCUT2D eigenvalue weighted by atomic mass is 10.2. The van der Waals surface area contributed by atoms with Crippen LogP contribution < -0.4 is 14.8 Å². The van der Waals surface area contributed by atoms with Gasteiger partial charge in [-0.1, -0.05) is 18.2 Å². The monoisotopic (exact) mass is 306 g/mol. The van der Waals surface area contributed by atoms with E-state index in [9.17, 15) is 8.42 Å². The van der Waals surface area contributed by atoms with Crippen molar-refractivity contribution in [3.8, 4) is 5.75 Å². The van der Waals surface area contributed by atoms with Crippen molar-refractivity contribution in [1.82, 2.24) is 5.32 Å². The van der Waals surface area contributed by atoms with Gasteiger partial charge < -0.3 is 10.1 Å². The van der Waals surface area contributed by atoms with Gasteiger partial charge >= 0.3 is 0 Å². The van der Waals surface area contributed by atoms with E-state index in [1.807, 2.05) is 7.05 Å². The standard InChI is InChI=1S/C15H18N2O3S/c1-16-11-12-6-8-15(9-7-12)21(18,19)17-13-4-3-5-14(10-13)20-2/h3-10,16-17H,11H2,1-2H3. The quantitative estimate of drug-likeness (QED) is 0.858. The van der Waals surface area contributed by atoms with E-state index in [0.717, 1.165) is 5.56 Å². The molecule has 0 saturated carbocycles. The van der Waals surface area contributed by atoms with E-state index in [0.29, 0.717) is 18.0 Å². The van der Waals surface area contributed by atoms with E-state index < -0.39 is 10.0 Å². The Morgan fingerprint density at radius 1 is 1.10 bits per heavy atom. The fourth-order valence-electron chi connectivity index (χ4n) is 1.89. The zero-order chi connectivity index (χ0) is 15.3. The second-order valence-corrected chi connectivity index (χ2v) is 6.19. The fraction of sp³-hybridized carbons (Fsp3) is 0.200. The molecule has 0 fully saturated rings. The Morgan fingerprint density at radius 3 is 2.43 bits per heavy atom. The van der Waals surface area contributed by atoms with Crippen molar-refractivity contribution in [3.05, 3.63) is 54.1 Å². The molecular weight excluding hydrogens is 288 g/mol. The molecule has 2 aromatic carbocycles. The molecule has 0 unspecified atom stereocenters. The van der Waals surface area contributed by atoms with Crippen molar-refractivity contribution >= 4 is 15.7 Å². The highest BCUT2D eigenvalue weighted by molar-refractivity contribution is 7.92. The van der Waals surface area contributed by atoms with Crippen LogP contribution in [-0.4, -0.2) is 22.6 Å². The third-order valence-corrected chi connectivity index (χ3v) is 4.33. The Bertz CT molecular complexity index is 697. The number of rotatable bonds is 6. The van der Waals surface area contributed by atoms with Crippen LogP contribution in [0.4, 0.5) is 5.69 Å². The van der Waals surface area contributed by atoms with Crippen molar-refractivity contribution in [2.24, 2.45) is 0 Å². The SMILES string of the molecule is CNCc1ccc(S(=O)(=O)Nc2cccc(OC)c2)cc1. The van der Waals surface area contributed by atoms with E-state index in [1.54, 1.807) is 48.5 Å². The summed E-state index contributed by atoms with van der Waals surface area (Å²) in [7, 11) is -0.218. The number of nitrogens with one attached hydrogen (secondary N) is 2. The summed E-state index contributed by atoms with van der Waals surface area (Å²) in [5, 5.41) is 3.02. The van der Waals surface area contributed by atoms with Gasteiger partial charge in [-0.3, -0.25) is 4.72 Å². The predicted molar refractivity (Wildman–Crippen MR) is 83.0 cm³/mol. The summed E-state index contributed by atoms with van der Waals surface area (Å²) in [4.78, 5) is 0.227. The number of methoxy groups -OCH3 is 1. The maximum atomic E-state index is 12.3. The third kappa shape index (κ3) is 3.96. The minimum absolute atomic E-state index is 0.227. The first-order chi connectivity index (χ1) is 10.0. The first kappa shape index (κ1) is 15.3. The Balaban J connectivity index is 2.21. The fourth-order valence-corrected chi connectivity index (χ4v) is 2.94. The van der Waals surface area contributed by atoms with Crippen LogP contribution in [0.15, 0.2) is 53.4 Å². The summed E-state index contributed by atoms with van der Waals surface area (Å²) >= 11 is 0. The van der Waals surface area contributed by atoms with Gasteiger partial charge in [0.1, 0.15) is 5.75 Å². The maximum Gasteiger partial charge on any atom is 0.261 e. The number of hydrogen-bond acceptors (Lipinski definition) is 4. The zero-order valence-corrected chi connectivity index (χ0v) is 12.8. The van der Waals surface area contributed by atoms with Gasteiger partial charge in [0.15, 0.2) is 0 Å². The minimum Gasteiger partial charge on any atom is -0.497 e. The van der Waals surface area contributed by atoms with E-state index in [4.69, 9.17) is 4.74 Å². The number of sulfonamides is 1. The molecule has 0 aromatic heterocycles. The van der Waals surface area contributed by atoms with Crippen LogP contribution in [0, 0.1) is 0 Å². The molecule has 0 spiro atoms. The van der Waals surface area contributed by atoms with Crippen LogP contribution in [0.3, 0.4) is 0 Å². The summed E-state index contributed by atoms with van der Waals surface area (Å²) in [5.41, 5.74) is 1.49. The van der Waals surface area contributed by atoms with Crippen LogP contribution in [0.5, 0.6) is 5.75 Å². The van der Waals surface area contributed by atoms with Crippen LogP contribution in [0.2, 0.25) is 0 Å². The molecule has 2 N–H and O–H groups in total. The number of benzene rings is 2. The molecule has 0 aliphatic rings. The maximum absolute atomic E-state index is 12.3. The molecule has 0 aliphatic heterocycles. The van der Waals surface area contributed by atoms with Crippen molar-refractivity contribution in [2.75, 3.05) is 18.9 Å². The average Bonchev–Trinajstić information content (AvgIpc) is 2.48. The third-order valence-electron chi connectivity index (χ3n) is 2.94. The summed E-state index contributed by atoms with van der Waals surface area (Å²) in [6, 6.07) is 13.6. The number of anilines is 1. The van der Waals surface area contributed by atoms with E-state index in [-0.39, 0.29) is 4.90 Å². The van der Waals surface area contributed by atoms with Gasteiger partial charge in [0.25, 0.3) is 10.0 Å². The molecule has 0 atom stereocenters. The van der Waals surface area contributed by atoms with Crippen molar-refractivity contribution in [1.29, 1.82) is 0 Å². The van der Waals surface area contributed by atoms with E-state index >= 15 is 0 Å². The lowest BCUT2D eigenvalue weighted by Gasteiger charge is -2.10. The smallest absolute Gasteiger partial charge is 0.261 e. The summed E-state index contributed by atoms with van der Waals surface area (Å²) in [5.74, 6) is 0.597. The normalized spacial score (nSPS) is 11.1. The Morgan fingerprint density at radius 2 is 1.81 bits per heavy atom. The number of ether oxygens (including phenoxy) is 1. The highest BCUT2D eigenvalue weighted by Crippen LogP contribution is 2.20. The molecular formula is C15H18N2O3S. The molecule has 0 aliphatic carbocycles. The first-order valence-electron chi connectivity index (χ1n) is 6.45. The summed E-state index contributed by atoms with van der Waals surface area (Å²) in [6.45, 7) is 0.698. The van der Waals surface area contributed by atoms with Gasteiger partial charge in [-0.2, -0.15) is 0 Å². The summed E-state index contributed by atoms with van der Waals surface area (Å²) < 4.78 is 32.2. The van der Waals surface area contributed by atoms with Crippen LogP contribution >= 0.6 is 0 Å². The first-order valence-corrected chi connectivity index (χ1v) is 7.94. The highest BCUT2D eigenvalue weighted by Gasteiger charge is 2.14. The molecule has 2 rings (SSSR count). The molecule has 112 valence electrons. The van der Waals surface area contributed by atoms with Gasteiger partial charge in [-0.05, 0) is 36.9 Å². The molecule has 0 saturated heterocycles.